The van der Waals surface area contributed by atoms with Crippen molar-refractivity contribution in [3.05, 3.63) is 10.6 Å². The van der Waals surface area contributed by atoms with Crippen molar-refractivity contribution in [2.24, 2.45) is 4.99 Å². The smallest absolute Gasteiger partial charge is 0.258 e. The van der Waals surface area contributed by atoms with Crippen LogP contribution in [0.5, 0.6) is 0 Å². The van der Waals surface area contributed by atoms with E-state index in [2.05, 4.69) is 26.2 Å². The van der Waals surface area contributed by atoms with Gasteiger partial charge in [0.1, 0.15) is 5.17 Å². The number of carbonyl (C=O) groups excluding carboxylic acids is 1. The molecule has 11 heavy (non-hydrogen) atoms. The van der Waals surface area contributed by atoms with Gasteiger partial charge in [-0.2, -0.15) is 0 Å². The number of hydrogen-bond donors (Lipinski definition) is 1. The molecule has 0 heterocycles. The molecule has 0 aromatic heterocycles. The molecule has 0 spiro atoms. The number of carbonyl (C=O) groups is 1. The van der Waals surface area contributed by atoms with Gasteiger partial charge in [-0.25, -0.2) is 0 Å². The lowest BCUT2D eigenvalue weighted by molar-refractivity contribution is -0.116. The third-order valence-corrected chi connectivity index (χ3v) is 1.77. The number of amides is 1. The van der Waals surface area contributed by atoms with Crippen molar-refractivity contribution < 1.29 is 4.79 Å². The topological polar surface area (TPSA) is 41.5 Å². The van der Waals surface area contributed by atoms with Crippen molar-refractivity contribution in [3.8, 4) is 0 Å². The zero-order valence-electron chi connectivity index (χ0n) is 6.19. The van der Waals surface area contributed by atoms with Crippen molar-refractivity contribution in [2.75, 3.05) is 14.1 Å². The van der Waals surface area contributed by atoms with Gasteiger partial charge in [0.2, 0.25) is 0 Å². The normalized spacial score (nSPS) is 13.1. The molecule has 0 saturated heterocycles. The van der Waals surface area contributed by atoms with Crippen molar-refractivity contribution in [3.63, 3.8) is 0 Å². The number of hydrogen-bond acceptors (Lipinski definition) is 2. The fourth-order valence-electron chi connectivity index (χ4n) is 0.354. The Hall–Kier alpha value is -0.350. The summed E-state index contributed by atoms with van der Waals surface area (Å²) in [5.41, 5.74) is 0. The lowest BCUT2D eigenvalue weighted by Gasteiger charge is -1.94. The Morgan fingerprint density at radius 2 is 2.27 bits per heavy atom. The molecule has 0 fully saturated rings. The third kappa shape index (κ3) is 4.16. The van der Waals surface area contributed by atoms with Gasteiger partial charge in [-0.1, -0.05) is 11.6 Å². The van der Waals surface area contributed by atoms with E-state index < -0.39 is 0 Å². The maximum absolute atomic E-state index is 10.8. The summed E-state index contributed by atoms with van der Waals surface area (Å²) < 4.78 is 0.357. The van der Waals surface area contributed by atoms with E-state index >= 15 is 0 Å². The Balaban J connectivity index is 4.34. The van der Waals surface area contributed by atoms with Gasteiger partial charge in [0.15, 0.2) is 0 Å². The molecule has 5 heteroatoms. The van der Waals surface area contributed by atoms with Crippen LogP contribution >= 0.6 is 27.5 Å². The number of nitrogens with zero attached hydrogens (tertiary/aromatic N) is 1. The van der Waals surface area contributed by atoms with Crippen molar-refractivity contribution in [1.82, 2.24) is 5.32 Å². The average molecular weight is 240 g/mol. The second kappa shape index (κ2) is 5.32. The highest BCUT2D eigenvalue weighted by Crippen LogP contribution is 2.05. The highest BCUT2D eigenvalue weighted by molar-refractivity contribution is 9.12. The van der Waals surface area contributed by atoms with E-state index in [9.17, 15) is 4.79 Å². The summed E-state index contributed by atoms with van der Waals surface area (Å²) in [5, 5.41) is 2.70. The average Bonchev–Trinajstić information content (AvgIpc) is 2.02. The number of halogens is 2. The minimum Gasteiger partial charge on any atom is -0.355 e. The number of nitrogens with one attached hydrogen (secondary N) is 1. The number of allylic oxidation sites excluding steroid dienone is 1. The van der Waals surface area contributed by atoms with Crippen molar-refractivity contribution >= 4 is 38.6 Å². The Kier molecular flexibility index (Phi) is 5.15. The van der Waals surface area contributed by atoms with Gasteiger partial charge < -0.3 is 5.32 Å². The highest BCUT2D eigenvalue weighted by Gasteiger charge is 2.02. The molecule has 0 aromatic rings. The third-order valence-electron chi connectivity index (χ3n) is 0.903. The van der Waals surface area contributed by atoms with Gasteiger partial charge in [-0.05, 0) is 22.0 Å². The maximum atomic E-state index is 10.8. The van der Waals surface area contributed by atoms with Crippen LogP contribution in [0.25, 0.3) is 0 Å². The van der Waals surface area contributed by atoms with Gasteiger partial charge in [-0.15, -0.1) is 0 Å². The quantitative estimate of drug-likeness (QED) is 0.572. The Morgan fingerprint density at radius 1 is 1.73 bits per heavy atom. The first-order valence-corrected chi connectivity index (χ1v) is 4.00. The Labute approximate surface area is 78.7 Å². The van der Waals surface area contributed by atoms with Crippen LogP contribution in [0.1, 0.15) is 0 Å². The first-order valence-electron chi connectivity index (χ1n) is 2.83. The second-order valence-corrected chi connectivity index (χ2v) is 2.86. The van der Waals surface area contributed by atoms with Crippen LogP contribution in [0.3, 0.4) is 0 Å². The molecular weight excluding hydrogens is 231 g/mol. The summed E-state index contributed by atoms with van der Waals surface area (Å²) in [7, 11) is 3.08. The summed E-state index contributed by atoms with van der Waals surface area (Å²) in [5.74, 6) is -0.230. The van der Waals surface area contributed by atoms with Gasteiger partial charge in [-0.3, -0.25) is 9.79 Å². The van der Waals surface area contributed by atoms with Crippen LogP contribution in [-0.2, 0) is 4.79 Å². The Morgan fingerprint density at radius 3 is 2.64 bits per heavy atom. The summed E-state index contributed by atoms with van der Waals surface area (Å²) in [6.07, 6.45) is 1.43. The molecule has 0 aromatic carbocycles. The highest BCUT2D eigenvalue weighted by atomic mass is 79.9. The molecule has 0 aliphatic heterocycles. The summed E-state index contributed by atoms with van der Waals surface area (Å²) in [6, 6.07) is 0. The monoisotopic (exact) mass is 238 g/mol. The molecule has 62 valence electrons. The number of aliphatic imine (C=N–C) groups is 1. The zero-order valence-corrected chi connectivity index (χ0v) is 8.53. The molecule has 0 rings (SSSR count). The first kappa shape index (κ1) is 10.7. The summed E-state index contributed by atoms with van der Waals surface area (Å²) in [6.45, 7) is 0. The van der Waals surface area contributed by atoms with Crippen LogP contribution in [0, 0.1) is 0 Å². The standard InChI is InChI=1S/C6H8BrClN2O/c1-9-5(8)3-4(7)6(11)10-2/h3H,1-2H3,(H,10,11)/b4-3+,9-5?. The molecule has 0 bridgehead atoms. The van der Waals surface area contributed by atoms with E-state index in [0.717, 1.165) is 0 Å². The van der Waals surface area contributed by atoms with E-state index in [1.54, 1.807) is 7.05 Å². The molecular formula is C6H8BrClN2O. The minimum absolute atomic E-state index is 0.230. The molecule has 0 aliphatic carbocycles. The number of rotatable bonds is 2. The van der Waals surface area contributed by atoms with Crippen LogP contribution in [0.2, 0.25) is 0 Å². The van der Waals surface area contributed by atoms with Crippen LogP contribution in [-0.4, -0.2) is 25.2 Å². The molecule has 0 radical (unpaired) electrons. The van der Waals surface area contributed by atoms with Crippen LogP contribution in [0.4, 0.5) is 0 Å². The van der Waals surface area contributed by atoms with E-state index in [0.29, 0.717) is 4.48 Å². The zero-order chi connectivity index (χ0) is 8.85. The first-order chi connectivity index (χ1) is 5.11. The SMILES string of the molecule is CN=C(Cl)/C=C(/Br)C(=O)NC. The van der Waals surface area contributed by atoms with Gasteiger partial charge in [0.25, 0.3) is 5.91 Å². The van der Waals surface area contributed by atoms with Crippen LogP contribution < -0.4 is 5.32 Å². The van der Waals surface area contributed by atoms with E-state index in [4.69, 9.17) is 11.6 Å². The lowest BCUT2D eigenvalue weighted by Crippen LogP contribution is -2.17. The Bertz CT molecular complexity index is 213. The fraction of sp³-hybridized carbons (Fsp3) is 0.333. The number of likely N-dealkylation sites (N-methyl/N-ethyl adjacent to an activating group) is 1. The van der Waals surface area contributed by atoms with Crippen LogP contribution in [0.15, 0.2) is 15.6 Å². The molecule has 1 amide bonds. The van der Waals surface area contributed by atoms with Crippen molar-refractivity contribution in [2.45, 2.75) is 0 Å². The molecule has 3 nitrogen and oxygen atoms in total. The molecule has 0 atom stereocenters. The van der Waals surface area contributed by atoms with E-state index in [-0.39, 0.29) is 11.1 Å². The molecule has 0 saturated carbocycles. The largest absolute Gasteiger partial charge is 0.355 e. The van der Waals surface area contributed by atoms with E-state index in [1.165, 1.54) is 13.1 Å². The lowest BCUT2D eigenvalue weighted by atomic mass is 10.5. The molecule has 0 aliphatic rings. The minimum atomic E-state index is -0.230. The maximum Gasteiger partial charge on any atom is 0.258 e. The predicted molar refractivity (Wildman–Crippen MR) is 50.3 cm³/mol. The fourth-order valence-corrected chi connectivity index (χ4v) is 1.01. The molecule has 0 unspecified atom stereocenters. The molecule has 1 N–H and O–H groups in total. The predicted octanol–water partition coefficient (Wildman–Crippen LogP) is 1.28. The summed E-state index contributed by atoms with van der Waals surface area (Å²) >= 11 is 8.55. The second-order valence-electron chi connectivity index (χ2n) is 1.62. The van der Waals surface area contributed by atoms with Crippen molar-refractivity contribution in [1.29, 1.82) is 0 Å². The van der Waals surface area contributed by atoms with E-state index in [1.807, 2.05) is 0 Å². The van der Waals surface area contributed by atoms with Gasteiger partial charge >= 0.3 is 0 Å². The summed E-state index contributed by atoms with van der Waals surface area (Å²) in [4.78, 5) is 14.5. The van der Waals surface area contributed by atoms with Gasteiger partial charge in [0.05, 0.1) is 4.48 Å². The van der Waals surface area contributed by atoms with Gasteiger partial charge in [0, 0.05) is 14.1 Å².